The Morgan fingerprint density at radius 1 is 1.04 bits per heavy atom. The Hall–Kier alpha value is -2.36. The van der Waals surface area contributed by atoms with Crippen LogP contribution in [0.2, 0.25) is 0 Å². The average molecular weight is 326 g/mol. The van der Waals surface area contributed by atoms with Gasteiger partial charge in [0.2, 0.25) is 5.91 Å². The van der Waals surface area contributed by atoms with E-state index in [1.54, 1.807) is 0 Å². The molecule has 1 aromatic rings. The molecular formula is C20H26N2O2. The maximum Gasteiger partial charge on any atom is 0.251 e. The number of hydrogen-bond donors (Lipinski definition) is 2. The summed E-state index contributed by atoms with van der Waals surface area (Å²) in [6, 6.07) is 7.68. The molecule has 0 saturated heterocycles. The highest BCUT2D eigenvalue weighted by atomic mass is 16.2. The van der Waals surface area contributed by atoms with Gasteiger partial charge in [0.15, 0.2) is 0 Å². The largest absolute Gasteiger partial charge is 0.356 e. The summed E-state index contributed by atoms with van der Waals surface area (Å²) in [7, 11) is 0. The molecule has 0 unspecified atom stereocenters. The molecule has 1 aliphatic rings. The molecule has 0 fully saturated rings. The highest BCUT2D eigenvalue weighted by Gasteiger charge is 2.07. The van der Waals surface area contributed by atoms with Crippen molar-refractivity contribution in [2.75, 3.05) is 13.1 Å². The summed E-state index contributed by atoms with van der Waals surface area (Å²) in [6.45, 7) is 4.85. The Morgan fingerprint density at radius 3 is 2.38 bits per heavy atom. The van der Waals surface area contributed by atoms with E-state index in [0.717, 1.165) is 24.8 Å². The first kappa shape index (κ1) is 18.0. The maximum absolute atomic E-state index is 12.1. The van der Waals surface area contributed by atoms with Gasteiger partial charge in [-0.3, -0.25) is 9.59 Å². The van der Waals surface area contributed by atoms with Crippen molar-refractivity contribution in [3.05, 3.63) is 53.6 Å². The van der Waals surface area contributed by atoms with Crippen LogP contribution in [0.15, 0.2) is 42.5 Å². The summed E-state index contributed by atoms with van der Waals surface area (Å²) >= 11 is 0. The highest BCUT2D eigenvalue weighted by Crippen LogP contribution is 2.21. The normalized spacial score (nSPS) is 13.5. The van der Waals surface area contributed by atoms with Crippen LogP contribution in [0.25, 0.3) is 5.57 Å². The molecule has 0 saturated carbocycles. The number of carbonyl (C=O) groups is 2. The number of benzene rings is 1. The standard InChI is InChI=1S/C20H26N2O2/c1-15(2)19(23)21-13-6-14-22-20(24)18-11-9-17(10-12-18)16-7-4-3-5-8-16/h4,7-12,15H,3,5-6,13-14H2,1-2H3,(H,21,23)(H,22,24). The van der Waals surface area contributed by atoms with Gasteiger partial charge in [-0.15, -0.1) is 0 Å². The fourth-order valence-electron chi connectivity index (χ4n) is 2.45. The van der Waals surface area contributed by atoms with Gasteiger partial charge in [0.25, 0.3) is 5.91 Å². The second kappa shape index (κ2) is 9.06. The lowest BCUT2D eigenvalue weighted by Crippen LogP contribution is -2.31. The molecule has 1 aliphatic carbocycles. The molecule has 0 aromatic heterocycles. The quantitative estimate of drug-likeness (QED) is 0.755. The van der Waals surface area contributed by atoms with E-state index in [1.807, 2.05) is 38.1 Å². The van der Waals surface area contributed by atoms with Gasteiger partial charge in [-0.2, -0.15) is 0 Å². The smallest absolute Gasteiger partial charge is 0.251 e. The Balaban J connectivity index is 1.75. The minimum atomic E-state index is -0.0788. The number of hydrogen-bond acceptors (Lipinski definition) is 2. The Kier molecular flexibility index (Phi) is 6.79. The van der Waals surface area contributed by atoms with E-state index < -0.39 is 0 Å². The van der Waals surface area contributed by atoms with Gasteiger partial charge in [-0.25, -0.2) is 0 Å². The lowest BCUT2D eigenvalue weighted by Gasteiger charge is -2.10. The van der Waals surface area contributed by atoms with Crippen LogP contribution in [0, 0.1) is 5.92 Å². The van der Waals surface area contributed by atoms with Crippen LogP contribution in [0.3, 0.4) is 0 Å². The maximum atomic E-state index is 12.1. The Morgan fingerprint density at radius 2 is 1.75 bits per heavy atom. The van der Waals surface area contributed by atoms with E-state index >= 15 is 0 Å². The average Bonchev–Trinajstić information content (AvgIpc) is 2.62. The van der Waals surface area contributed by atoms with E-state index in [1.165, 1.54) is 5.57 Å². The van der Waals surface area contributed by atoms with Crippen molar-refractivity contribution in [2.45, 2.75) is 33.1 Å². The SMILES string of the molecule is CC(C)C(=O)NCCCNC(=O)c1ccc(C2=CCCC=C2)cc1. The predicted molar refractivity (Wildman–Crippen MR) is 97.6 cm³/mol. The first-order valence-electron chi connectivity index (χ1n) is 8.61. The third kappa shape index (κ3) is 5.37. The summed E-state index contributed by atoms with van der Waals surface area (Å²) < 4.78 is 0. The topological polar surface area (TPSA) is 58.2 Å². The van der Waals surface area contributed by atoms with Crippen molar-refractivity contribution in [1.29, 1.82) is 0 Å². The van der Waals surface area contributed by atoms with E-state index in [-0.39, 0.29) is 17.7 Å². The number of nitrogens with one attached hydrogen (secondary N) is 2. The van der Waals surface area contributed by atoms with E-state index in [2.05, 4.69) is 28.9 Å². The fraction of sp³-hybridized carbons (Fsp3) is 0.400. The van der Waals surface area contributed by atoms with Crippen molar-refractivity contribution >= 4 is 17.4 Å². The molecule has 0 radical (unpaired) electrons. The van der Waals surface area contributed by atoms with Crippen LogP contribution in [-0.2, 0) is 4.79 Å². The lowest BCUT2D eigenvalue weighted by molar-refractivity contribution is -0.123. The van der Waals surface area contributed by atoms with Crippen LogP contribution in [0.5, 0.6) is 0 Å². The molecule has 0 spiro atoms. The van der Waals surface area contributed by atoms with Gasteiger partial charge in [0.1, 0.15) is 0 Å². The van der Waals surface area contributed by atoms with Gasteiger partial charge < -0.3 is 10.6 Å². The van der Waals surface area contributed by atoms with Crippen molar-refractivity contribution in [3.63, 3.8) is 0 Å². The van der Waals surface area contributed by atoms with Crippen LogP contribution in [0.1, 0.15) is 49.0 Å². The first-order valence-corrected chi connectivity index (χ1v) is 8.61. The van der Waals surface area contributed by atoms with Crippen molar-refractivity contribution in [3.8, 4) is 0 Å². The second-order valence-electron chi connectivity index (χ2n) is 6.27. The molecule has 0 bridgehead atoms. The van der Waals surface area contributed by atoms with Crippen LogP contribution >= 0.6 is 0 Å². The van der Waals surface area contributed by atoms with Crippen molar-refractivity contribution in [1.82, 2.24) is 10.6 Å². The predicted octanol–water partition coefficient (Wildman–Crippen LogP) is 3.31. The van der Waals surface area contributed by atoms with Gasteiger partial charge in [-0.1, -0.05) is 44.2 Å². The van der Waals surface area contributed by atoms with E-state index in [4.69, 9.17) is 0 Å². The van der Waals surface area contributed by atoms with E-state index in [0.29, 0.717) is 18.7 Å². The van der Waals surface area contributed by atoms with Crippen molar-refractivity contribution in [2.24, 2.45) is 5.92 Å². The molecule has 0 aliphatic heterocycles. The molecule has 1 aromatic carbocycles. The third-order valence-corrected chi connectivity index (χ3v) is 3.94. The molecule has 2 amide bonds. The number of amides is 2. The van der Waals surface area contributed by atoms with Gasteiger partial charge in [0, 0.05) is 24.6 Å². The minimum Gasteiger partial charge on any atom is -0.356 e. The van der Waals surface area contributed by atoms with Gasteiger partial charge in [0.05, 0.1) is 0 Å². The third-order valence-electron chi connectivity index (χ3n) is 3.94. The molecule has 0 atom stereocenters. The first-order chi connectivity index (χ1) is 11.6. The summed E-state index contributed by atoms with van der Waals surface area (Å²) in [5.41, 5.74) is 3.01. The fourth-order valence-corrected chi connectivity index (χ4v) is 2.45. The molecule has 2 N–H and O–H groups in total. The lowest BCUT2D eigenvalue weighted by atomic mass is 9.98. The summed E-state index contributed by atoms with van der Waals surface area (Å²) in [5.74, 6) is -0.0416. The van der Waals surface area contributed by atoms with Crippen LogP contribution < -0.4 is 10.6 Å². The zero-order valence-corrected chi connectivity index (χ0v) is 14.5. The monoisotopic (exact) mass is 326 g/mol. The highest BCUT2D eigenvalue weighted by molar-refractivity contribution is 5.94. The van der Waals surface area contributed by atoms with Gasteiger partial charge in [-0.05, 0) is 42.5 Å². The summed E-state index contributed by atoms with van der Waals surface area (Å²) in [6.07, 6.45) is 9.42. The molecule has 2 rings (SSSR count). The Labute approximate surface area is 144 Å². The minimum absolute atomic E-state index is 0.00719. The zero-order valence-electron chi connectivity index (χ0n) is 14.5. The number of allylic oxidation sites excluding steroid dienone is 4. The van der Waals surface area contributed by atoms with Crippen LogP contribution in [-0.4, -0.2) is 24.9 Å². The molecule has 4 heteroatoms. The van der Waals surface area contributed by atoms with Gasteiger partial charge >= 0.3 is 0 Å². The van der Waals surface area contributed by atoms with Crippen LogP contribution in [0.4, 0.5) is 0 Å². The summed E-state index contributed by atoms with van der Waals surface area (Å²) in [4.78, 5) is 23.5. The zero-order chi connectivity index (χ0) is 17.4. The molecular weight excluding hydrogens is 300 g/mol. The summed E-state index contributed by atoms with van der Waals surface area (Å²) in [5, 5.41) is 5.72. The van der Waals surface area contributed by atoms with E-state index in [9.17, 15) is 9.59 Å². The molecule has 4 nitrogen and oxygen atoms in total. The van der Waals surface area contributed by atoms with Crippen molar-refractivity contribution < 1.29 is 9.59 Å². The molecule has 128 valence electrons. The molecule has 24 heavy (non-hydrogen) atoms. The Bertz CT molecular complexity index is 628. The molecule has 0 heterocycles. The second-order valence-corrected chi connectivity index (χ2v) is 6.27. The number of rotatable bonds is 7. The number of carbonyl (C=O) groups excluding carboxylic acids is 2.